The predicted molar refractivity (Wildman–Crippen MR) is 79.7 cm³/mol. The molecule has 1 heterocycles. The summed E-state index contributed by atoms with van der Waals surface area (Å²) in [6, 6.07) is 6.72. The maximum absolute atomic E-state index is 12.5. The van der Waals surface area contributed by atoms with Gasteiger partial charge in [0.25, 0.3) is 0 Å². The molecule has 1 aromatic rings. The quantitative estimate of drug-likeness (QED) is 0.886. The smallest absolute Gasteiger partial charge is 0.244 e. The second kappa shape index (κ2) is 6.24. The van der Waals surface area contributed by atoms with Gasteiger partial charge < -0.3 is 5.32 Å². The van der Waals surface area contributed by atoms with Crippen molar-refractivity contribution in [2.45, 2.75) is 18.2 Å². The zero-order chi connectivity index (χ0) is 14.8. The zero-order valence-electron chi connectivity index (χ0n) is 11.2. The first-order chi connectivity index (χ1) is 9.46. The van der Waals surface area contributed by atoms with Crippen molar-refractivity contribution in [2.75, 3.05) is 19.6 Å². The second-order valence-electron chi connectivity index (χ2n) is 4.67. The van der Waals surface area contributed by atoms with E-state index in [9.17, 15) is 13.2 Å². The van der Waals surface area contributed by atoms with E-state index in [4.69, 9.17) is 0 Å². The van der Waals surface area contributed by atoms with Gasteiger partial charge in [-0.25, -0.2) is 8.42 Å². The highest BCUT2D eigenvalue weighted by Crippen LogP contribution is 2.28. The molecule has 2 rings (SSSR count). The van der Waals surface area contributed by atoms with E-state index in [1.54, 1.807) is 24.3 Å². The van der Waals surface area contributed by atoms with Crippen LogP contribution in [-0.4, -0.2) is 38.3 Å². The van der Waals surface area contributed by atoms with E-state index in [-0.39, 0.29) is 23.3 Å². The number of sulfonamides is 1. The molecule has 0 aromatic heterocycles. The molecular formula is C13H17BrN2O3S. The molecule has 0 bridgehead atoms. The van der Waals surface area contributed by atoms with E-state index < -0.39 is 10.0 Å². The summed E-state index contributed by atoms with van der Waals surface area (Å²) >= 11 is 3.26. The third kappa shape index (κ3) is 3.05. The Morgan fingerprint density at radius 2 is 2.15 bits per heavy atom. The van der Waals surface area contributed by atoms with Crippen LogP contribution in [0.3, 0.4) is 0 Å². The van der Waals surface area contributed by atoms with Gasteiger partial charge in [-0.1, -0.05) is 12.1 Å². The summed E-state index contributed by atoms with van der Waals surface area (Å²) in [4.78, 5) is 12.0. The normalized spacial score (nSPS) is 20.0. The monoisotopic (exact) mass is 360 g/mol. The molecule has 1 fully saturated rings. The van der Waals surface area contributed by atoms with Gasteiger partial charge in [-0.15, -0.1) is 0 Å². The molecule has 1 unspecified atom stereocenters. The van der Waals surface area contributed by atoms with Gasteiger partial charge in [0.05, 0.1) is 10.8 Å². The lowest BCUT2D eigenvalue weighted by Gasteiger charge is -2.17. The fourth-order valence-electron chi connectivity index (χ4n) is 2.27. The van der Waals surface area contributed by atoms with Gasteiger partial charge in [0.15, 0.2) is 0 Å². The van der Waals surface area contributed by atoms with Crippen molar-refractivity contribution in [3.8, 4) is 0 Å². The molecule has 5 nitrogen and oxygen atoms in total. The van der Waals surface area contributed by atoms with Gasteiger partial charge in [0.2, 0.25) is 15.9 Å². The minimum absolute atomic E-state index is 0.0719. The molecule has 0 aliphatic carbocycles. The Balaban J connectivity index is 2.17. The highest BCUT2D eigenvalue weighted by molar-refractivity contribution is 9.10. The first-order valence-electron chi connectivity index (χ1n) is 6.49. The number of nitrogens with zero attached hydrogens (tertiary/aromatic N) is 1. The largest absolute Gasteiger partial charge is 0.356 e. The molecular weight excluding hydrogens is 344 g/mol. The summed E-state index contributed by atoms with van der Waals surface area (Å²) in [6.45, 7) is 3.04. The molecule has 0 saturated carbocycles. The third-order valence-corrected chi connectivity index (χ3v) is 6.20. The molecule has 20 heavy (non-hydrogen) atoms. The highest BCUT2D eigenvalue weighted by Gasteiger charge is 2.36. The Bertz CT molecular complexity index is 603. The molecule has 1 aliphatic rings. The Hall–Kier alpha value is -0.920. The van der Waals surface area contributed by atoms with Crippen molar-refractivity contribution in [3.05, 3.63) is 28.7 Å². The van der Waals surface area contributed by atoms with Crippen molar-refractivity contribution in [1.29, 1.82) is 0 Å². The van der Waals surface area contributed by atoms with Gasteiger partial charge in [-0.05, 0) is 41.4 Å². The lowest BCUT2D eigenvalue weighted by atomic mass is 10.1. The number of carbonyl (C=O) groups excluding carboxylic acids is 1. The van der Waals surface area contributed by atoms with Crippen molar-refractivity contribution in [1.82, 2.24) is 9.62 Å². The topological polar surface area (TPSA) is 66.5 Å². The lowest BCUT2D eigenvalue weighted by Crippen LogP contribution is -2.34. The minimum atomic E-state index is -3.54. The summed E-state index contributed by atoms with van der Waals surface area (Å²) in [5.41, 5.74) is 0. The summed E-state index contributed by atoms with van der Waals surface area (Å²) in [6.07, 6.45) is 0.565. The van der Waals surface area contributed by atoms with E-state index in [1.165, 1.54) is 4.31 Å². The maximum Gasteiger partial charge on any atom is 0.244 e. The van der Waals surface area contributed by atoms with Crippen molar-refractivity contribution >= 4 is 31.9 Å². The number of benzene rings is 1. The van der Waals surface area contributed by atoms with Gasteiger partial charge in [0, 0.05) is 24.1 Å². The van der Waals surface area contributed by atoms with Crippen molar-refractivity contribution in [3.63, 3.8) is 0 Å². The number of halogens is 1. The Kier molecular flexibility index (Phi) is 4.82. The van der Waals surface area contributed by atoms with Crippen LogP contribution in [0.5, 0.6) is 0 Å². The van der Waals surface area contributed by atoms with Crippen molar-refractivity contribution in [2.24, 2.45) is 5.92 Å². The number of hydrogen-bond donors (Lipinski definition) is 1. The molecule has 1 aliphatic heterocycles. The second-order valence-corrected chi connectivity index (χ2v) is 7.43. The summed E-state index contributed by atoms with van der Waals surface area (Å²) in [5.74, 6) is -0.329. The van der Waals surface area contributed by atoms with Gasteiger partial charge in [0.1, 0.15) is 0 Å². The average molecular weight is 361 g/mol. The summed E-state index contributed by atoms with van der Waals surface area (Å²) in [7, 11) is -3.54. The molecule has 110 valence electrons. The molecule has 1 amide bonds. The van der Waals surface area contributed by atoms with Crippen LogP contribution in [0.1, 0.15) is 13.3 Å². The van der Waals surface area contributed by atoms with Gasteiger partial charge in [-0.3, -0.25) is 4.79 Å². The van der Waals surface area contributed by atoms with Crippen LogP contribution < -0.4 is 5.32 Å². The highest BCUT2D eigenvalue weighted by atomic mass is 79.9. The van der Waals surface area contributed by atoms with E-state index in [0.29, 0.717) is 24.0 Å². The molecule has 0 radical (unpaired) electrons. The molecule has 7 heteroatoms. The summed E-state index contributed by atoms with van der Waals surface area (Å²) in [5, 5.41) is 2.74. The molecule has 1 N–H and O–H groups in total. The number of rotatable bonds is 4. The first-order valence-corrected chi connectivity index (χ1v) is 8.72. The number of hydrogen-bond acceptors (Lipinski definition) is 3. The molecule has 1 aromatic carbocycles. The van der Waals surface area contributed by atoms with Crippen LogP contribution in [-0.2, 0) is 14.8 Å². The van der Waals surface area contributed by atoms with E-state index in [1.807, 2.05) is 6.92 Å². The van der Waals surface area contributed by atoms with E-state index in [2.05, 4.69) is 21.2 Å². The predicted octanol–water partition coefficient (Wildman–Crippen LogP) is 1.60. The van der Waals surface area contributed by atoms with Crippen LogP contribution in [0.25, 0.3) is 0 Å². The SMILES string of the molecule is CCNC(=O)C1CCN(S(=O)(=O)c2ccccc2Br)C1. The average Bonchev–Trinajstić information content (AvgIpc) is 2.89. The van der Waals surface area contributed by atoms with Crippen LogP contribution >= 0.6 is 15.9 Å². The van der Waals surface area contributed by atoms with Crippen LogP contribution in [0, 0.1) is 5.92 Å². The molecule has 1 saturated heterocycles. The van der Waals surface area contributed by atoms with Crippen LogP contribution in [0.2, 0.25) is 0 Å². The Labute approximate surface area is 127 Å². The van der Waals surface area contributed by atoms with Gasteiger partial charge >= 0.3 is 0 Å². The standard InChI is InChI=1S/C13H17BrN2O3S/c1-2-15-13(17)10-7-8-16(9-10)20(18,19)12-6-4-3-5-11(12)14/h3-6,10H,2,7-9H2,1H3,(H,15,17). The summed E-state index contributed by atoms with van der Waals surface area (Å²) < 4.78 is 27.0. The van der Waals surface area contributed by atoms with Crippen LogP contribution in [0.15, 0.2) is 33.6 Å². The first kappa shape index (κ1) is 15.5. The fourth-order valence-corrected chi connectivity index (χ4v) is 4.74. The molecule has 1 atom stereocenters. The lowest BCUT2D eigenvalue weighted by molar-refractivity contribution is -0.124. The minimum Gasteiger partial charge on any atom is -0.356 e. The van der Waals surface area contributed by atoms with E-state index in [0.717, 1.165) is 0 Å². The third-order valence-electron chi connectivity index (χ3n) is 3.33. The number of amides is 1. The fraction of sp³-hybridized carbons (Fsp3) is 0.462. The van der Waals surface area contributed by atoms with Crippen molar-refractivity contribution < 1.29 is 13.2 Å². The van der Waals surface area contributed by atoms with Gasteiger partial charge in [-0.2, -0.15) is 4.31 Å². The zero-order valence-corrected chi connectivity index (χ0v) is 13.6. The number of carbonyl (C=O) groups is 1. The maximum atomic E-state index is 12.5. The van der Waals surface area contributed by atoms with E-state index >= 15 is 0 Å². The Morgan fingerprint density at radius 3 is 2.80 bits per heavy atom. The molecule has 0 spiro atoms. The van der Waals surface area contributed by atoms with Crippen LogP contribution in [0.4, 0.5) is 0 Å². The Morgan fingerprint density at radius 1 is 1.45 bits per heavy atom. The number of nitrogens with one attached hydrogen (secondary N) is 1.